The van der Waals surface area contributed by atoms with E-state index in [0.29, 0.717) is 29.3 Å². The van der Waals surface area contributed by atoms with Crippen molar-refractivity contribution in [2.24, 2.45) is 5.92 Å². The number of amides is 2. The third-order valence-corrected chi connectivity index (χ3v) is 5.87. The van der Waals surface area contributed by atoms with Crippen LogP contribution in [0.5, 0.6) is 11.5 Å². The molecule has 0 radical (unpaired) electrons. The first-order chi connectivity index (χ1) is 13.5. The van der Waals surface area contributed by atoms with Gasteiger partial charge in [0, 0.05) is 24.7 Å². The van der Waals surface area contributed by atoms with Crippen LogP contribution < -0.4 is 20.1 Å². The van der Waals surface area contributed by atoms with Crippen molar-refractivity contribution >= 4 is 29.9 Å². The lowest BCUT2D eigenvalue weighted by Gasteiger charge is -2.39. The zero-order valence-corrected chi connectivity index (χ0v) is 18.4. The maximum absolute atomic E-state index is 13.5. The Morgan fingerprint density at radius 2 is 1.69 bits per heavy atom. The number of nitrogens with zero attached hydrogens (tertiary/aromatic N) is 1. The molecule has 1 aromatic carbocycles. The minimum Gasteiger partial charge on any atom is -0.493 e. The second-order valence-corrected chi connectivity index (χ2v) is 7.77. The van der Waals surface area contributed by atoms with Crippen LogP contribution in [0.15, 0.2) is 12.1 Å². The van der Waals surface area contributed by atoms with E-state index in [-0.39, 0.29) is 42.2 Å². The van der Waals surface area contributed by atoms with Crippen LogP contribution in [0.25, 0.3) is 0 Å². The maximum atomic E-state index is 13.5. The van der Waals surface area contributed by atoms with Gasteiger partial charge in [-0.05, 0) is 52.1 Å². The molecular weight excluding hydrogens is 394 g/mol. The van der Waals surface area contributed by atoms with Gasteiger partial charge in [0.05, 0.1) is 31.4 Å². The minimum absolute atomic E-state index is 0. The molecule has 2 fully saturated rings. The van der Waals surface area contributed by atoms with Crippen LogP contribution in [0.4, 0.5) is 5.69 Å². The van der Waals surface area contributed by atoms with E-state index >= 15 is 0 Å². The van der Waals surface area contributed by atoms with Crippen molar-refractivity contribution in [1.29, 1.82) is 0 Å². The third-order valence-electron chi connectivity index (χ3n) is 5.87. The lowest BCUT2D eigenvalue weighted by molar-refractivity contribution is -0.119. The molecule has 3 atom stereocenters. The van der Waals surface area contributed by atoms with Gasteiger partial charge in [-0.3, -0.25) is 9.59 Å². The first kappa shape index (κ1) is 23.3. The van der Waals surface area contributed by atoms with Crippen LogP contribution in [0, 0.1) is 5.92 Å². The smallest absolute Gasteiger partial charge is 0.256 e. The summed E-state index contributed by atoms with van der Waals surface area (Å²) in [7, 11) is 3.08. The topological polar surface area (TPSA) is 79.9 Å². The average molecular weight is 426 g/mol. The average Bonchev–Trinajstić information content (AvgIpc) is 3.22. The van der Waals surface area contributed by atoms with E-state index < -0.39 is 0 Å². The number of methoxy groups -OCH3 is 2. The summed E-state index contributed by atoms with van der Waals surface area (Å²) in [6, 6.07) is 3.68. The lowest BCUT2D eigenvalue weighted by atomic mass is 9.96. The molecule has 3 rings (SSSR count). The standard InChI is InChI=1S/C21H31N3O4.ClH/c1-13-6-5-7-14(2)24(13)21(26)16-10-18(27-3)19(28-4)11-17(16)23-20(25)15-8-9-22-12-15;/h10-11,13-15,22H,5-9,12H2,1-4H3,(H,23,25);1H. The van der Waals surface area contributed by atoms with E-state index in [4.69, 9.17) is 9.47 Å². The number of halogens is 1. The monoisotopic (exact) mass is 425 g/mol. The van der Waals surface area contributed by atoms with E-state index in [9.17, 15) is 9.59 Å². The highest BCUT2D eigenvalue weighted by Crippen LogP contribution is 2.36. The third kappa shape index (κ3) is 4.95. The quantitative estimate of drug-likeness (QED) is 0.757. The molecule has 0 spiro atoms. The molecule has 0 aromatic heterocycles. The van der Waals surface area contributed by atoms with Gasteiger partial charge in [0.15, 0.2) is 11.5 Å². The Balaban J connectivity index is 0.00000300. The Hall–Kier alpha value is -1.99. The van der Waals surface area contributed by atoms with E-state index in [1.807, 2.05) is 4.90 Å². The molecule has 162 valence electrons. The molecule has 29 heavy (non-hydrogen) atoms. The van der Waals surface area contributed by atoms with Crippen molar-refractivity contribution in [2.75, 3.05) is 32.6 Å². The second-order valence-electron chi connectivity index (χ2n) is 7.77. The number of benzene rings is 1. The molecule has 2 aliphatic rings. The van der Waals surface area contributed by atoms with Crippen LogP contribution in [0.2, 0.25) is 0 Å². The Bertz CT molecular complexity index is 727. The molecule has 0 aliphatic carbocycles. The molecule has 2 heterocycles. The Kier molecular flexibility index (Phi) is 8.16. The molecule has 2 saturated heterocycles. The summed E-state index contributed by atoms with van der Waals surface area (Å²) in [6.45, 7) is 5.65. The van der Waals surface area contributed by atoms with E-state index in [2.05, 4.69) is 24.5 Å². The molecule has 3 unspecified atom stereocenters. The van der Waals surface area contributed by atoms with Gasteiger partial charge in [-0.1, -0.05) is 0 Å². The van der Waals surface area contributed by atoms with Crippen molar-refractivity contribution in [1.82, 2.24) is 10.2 Å². The number of carbonyl (C=O) groups excluding carboxylic acids is 2. The van der Waals surface area contributed by atoms with Crippen LogP contribution in [-0.2, 0) is 4.79 Å². The largest absolute Gasteiger partial charge is 0.493 e. The number of piperidine rings is 1. The molecule has 0 bridgehead atoms. The molecule has 2 N–H and O–H groups in total. The lowest BCUT2D eigenvalue weighted by Crippen LogP contribution is -2.47. The fourth-order valence-electron chi connectivity index (χ4n) is 4.23. The molecule has 1 aromatic rings. The molecule has 2 aliphatic heterocycles. The van der Waals surface area contributed by atoms with Crippen molar-refractivity contribution in [3.05, 3.63) is 17.7 Å². The zero-order chi connectivity index (χ0) is 20.3. The van der Waals surface area contributed by atoms with Crippen LogP contribution in [0.3, 0.4) is 0 Å². The summed E-state index contributed by atoms with van der Waals surface area (Å²) in [4.78, 5) is 28.1. The predicted octanol–water partition coefficient (Wildman–Crippen LogP) is 3.08. The van der Waals surface area contributed by atoms with E-state index in [1.165, 1.54) is 0 Å². The molecule has 0 saturated carbocycles. The minimum atomic E-state index is -0.0936. The summed E-state index contributed by atoms with van der Waals surface area (Å²) >= 11 is 0. The highest BCUT2D eigenvalue weighted by molar-refractivity contribution is 6.05. The Morgan fingerprint density at radius 1 is 1.07 bits per heavy atom. The number of anilines is 1. The van der Waals surface area contributed by atoms with Crippen molar-refractivity contribution in [2.45, 2.75) is 51.6 Å². The number of ether oxygens (including phenoxy) is 2. The zero-order valence-electron chi connectivity index (χ0n) is 17.6. The fourth-order valence-corrected chi connectivity index (χ4v) is 4.23. The van der Waals surface area contributed by atoms with Gasteiger partial charge >= 0.3 is 0 Å². The van der Waals surface area contributed by atoms with Gasteiger partial charge in [0.1, 0.15) is 0 Å². The fraction of sp³-hybridized carbons (Fsp3) is 0.619. The van der Waals surface area contributed by atoms with Gasteiger partial charge in [0.2, 0.25) is 5.91 Å². The molecule has 2 amide bonds. The number of hydrogen-bond acceptors (Lipinski definition) is 5. The summed E-state index contributed by atoms with van der Waals surface area (Å²) in [5.74, 6) is 0.706. The van der Waals surface area contributed by atoms with Crippen molar-refractivity contribution in [3.63, 3.8) is 0 Å². The van der Waals surface area contributed by atoms with Crippen molar-refractivity contribution < 1.29 is 19.1 Å². The van der Waals surface area contributed by atoms with Crippen LogP contribution in [-0.4, -0.2) is 56.1 Å². The first-order valence-corrected chi connectivity index (χ1v) is 10.1. The molecule has 8 heteroatoms. The molecule has 7 nitrogen and oxygen atoms in total. The highest BCUT2D eigenvalue weighted by atomic mass is 35.5. The van der Waals surface area contributed by atoms with Gasteiger partial charge in [-0.15, -0.1) is 12.4 Å². The number of rotatable bonds is 5. The number of nitrogens with one attached hydrogen (secondary N) is 2. The number of carbonyl (C=O) groups is 2. The van der Waals surface area contributed by atoms with Crippen molar-refractivity contribution in [3.8, 4) is 11.5 Å². The van der Waals surface area contributed by atoms with Gasteiger partial charge in [-0.2, -0.15) is 0 Å². The number of hydrogen-bond donors (Lipinski definition) is 2. The summed E-state index contributed by atoms with van der Waals surface area (Å²) < 4.78 is 10.8. The second kappa shape index (κ2) is 10.2. The van der Waals surface area contributed by atoms with Gasteiger partial charge < -0.3 is 25.0 Å². The first-order valence-electron chi connectivity index (χ1n) is 10.1. The van der Waals surface area contributed by atoms with E-state index in [1.54, 1.807) is 26.4 Å². The summed E-state index contributed by atoms with van der Waals surface area (Å²) in [6.07, 6.45) is 3.89. The van der Waals surface area contributed by atoms with E-state index in [0.717, 1.165) is 32.2 Å². The molecular formula is C21H32ClN3O4. The number of likely N-dealkylation sites (tertiary alicyclic amines) is 1. The van der Waals surface area contributed by atoms with Crippen LogP contribution >= 0.6 is 12.4 Å². The highest BCUT2D eigenvalue weighted by Gasteiger charge is 2.32. The van der Waals surface area contributed by atoms with Gasteiger partial charge in [-0.25, -0.2) is 0 Å². The summed E-state index contributed by atoms with van der Waals surface area (Å²) in [5.41, 5.74) is 0.919. The SMILES string of the molecule is COc1cc(NC(=O)C2CCNC2)c(C(=O)N2C(C)CCCC2C)cc1OC.Cl. The van der Waals surface area contributed by atoms with Crippen LogP contribution in [0.1, 0.15) is 49.9 Å². The normalized spacial score (nSPS) is 23.9. The maximum Gasteiger partial charge on any atom is 0.256 e. The predicted molar refractivity (Wildman–Crippen MR) is 115 cm³/mol. The summed E-state index contributed by atoms with van der Waals surface area (Å²) in [5, 5.41) is 6.17. The van der Waals surface area contributed by atoms with Gasteiger partial charge in [0.25, 0.3) is 5.91 Å². The Labute approximate surface area is 178 Å². The Morgan fingerprint density at radius 3 is 2.24 bits per heavy atom.